The second kappa shape index (κ2) is 44.3. The summed E-state index contributed by atoms with van der Waals surface area (Å²) in [5, 5.41) is 32.2. The van der Waals surface area contributed by atoms with Crippen LogP contribution in [0.15, 0.2) is 213 Å². The number of para-hydroxylation sites is 2. The number of fused-ring (bicyclic) bond motifs is 2. The molecule has 0 atom stereocenters. The molecular formula is C85H103Cl5N9O18PS5Sn. The second-order valence-corrected chi connectivity index (χ2v) is 52.7. The van der Waals surface area contributed by atoms with Crippen LogP contribution in [0.3, 0.4) is 0 Å². The number of nitrogens with one attached hydrogen (secondary N) is 1. The van der Waals surface area contributed by atoms with E-state index in [9.17, 15) is 73.2 Å². The van der Waals surface area contributed by atoms with Crippen LogP contribution in [0.1, 0.15) is 153 Å². The summed E-state index contributed by atoms with van der Waals surface area (Å²) in [7, 11) is -0.211. The maximum atomic E-state index is 13.3. The Morgan fingerprint density at radius 1 is 0.476 bits per heavy atom. The predicted molar refractivity (Wildman–Crippen MR) is 504 cm³/mol. The fourth-order valence-electron chi connectivity index (χ4n) is 11.5. The van der Waals surface area contributed by atoms with E-state index in [4.69, 9.17) is 38.8 Å². The molecule has 0 bridgehead atoms. The van der Waals surface area contributed by atoms with E-state index in [2.05, 4.69) is 90.5 Å². The summed E-state index contributed by atoms with van der Waals surface area (Å²) < 4.78 is 118. The van der Waals surface area contributed by atoms with E-state index in [1.807, 2.05) is 129 Å². The average molecular weight is 2030 g/mol. The monoisotopic (exact) mass is 2020 g/mol. The van der Waals surface area contributed by atoms with Crippen LogP contribution in [-0.4, -0.2) is 130 Å². The summed E-state index contributed by atoms with van der Waals surface area (Å²) in [6.45, 7) is 30.3. The van der Waals surface area contributed by atoms with E-state index < -0.39 is 80.2 Å². The summed E-state index contributed by atoms with van der Waals surface area (Å²) >= 11 is 14.4. The van der Waals surface area contributed by atoms with E-state index in [-0.39, 0.29) is 74.3 Å². The molecule has 0 fully saturated rings. The third-order valence-corrected chi connectivity index (χ3v) is 23.4. The zero-order chi connectivity index (χ0) is 94.8. The van der Waals surface area contributed by atoms with Gasteiger partial charge in [0.1, 0.15) is 27.8 Å². The number of nitro groups is 2. The summed E-state index contributed by atoms with van der Waals surface area (Å²) in [6, 6.07) is 46.5. The number of aromatic nitrogens is 4. The van der Waals surface area contributed by atoms with E-state index >= 15 is 0 Å². The Morgan fingerprint density at radius 2 is 0.774 bits per heavy atom. The minimum atomic E-state index is -3.58. The summed E-state index contributed by atoms with van der Waals surface area (Å²) in [6.07, 6.45) is 12.8. The molecule has 7 aromatic carbocycles. The molecule has 1 amide bonds. The van der Waals surface area contributed by atoms with Gasteiger partial charge in [-0.2, -0.15) is 0 Å². The van der Waals surface area contributed by atoms with E-state index in [0.717, 1.165) is 74.6 Å². The number of thioether (sulfide) groups is 1. The number of nitrogen functional groups attached to an aromatic ring is 2. The number of benzene rings is 7. The molecule has 27 nitrogen and oxygen atoms in total. The number of hydrogen-bond donors (Lipinski definition) is 4. The molecule has 11 rings (SSSR count). The minimum absolute atomic E-state index is 0.0237. The van der Waals surface area contributed by atoms with Gasteiger partial charge in [-0.05, 0) is 192 Å². The van der Waals surface area contributed by atoms with Crippen LogP contribution in [0, 0.1) is 20.2 Å². The maximum absolute atomic E-state index is 13.3. The number of carbonyl (C=O) groups is 2. The number of hydrogen-bond acceptors (Lipinski definition) is 22. The van der Waals surface area contributed by atoms with Gasteiger partial charge in [0.25, 0.3) is 17.3 Å². The molecule has 2 radical (unpaired) electrons. The standard InChI is InChI=1S/C26H27N3O4S.C15H12N2O3.C11H15NO4S.2C11H17NO2S.C11H15NO2S.Cl3OP.2ClH.Sn/c1-26(2,3)18-9-10-23(34(5,31)32)20(16-18)28-25(30)21-15-17-7-6-8-22(24(17)29(21)4)33-19-11-13-27-14-12-19;1-17-12(15(18)19)9-10-3-2-4-13(14(10)17)20-11-5-7-16-8-6-11;1-11(2,3)8-5-6-10(17(4,15)16)9(7-8)12(13)14;2*1-11(2,3)8-5-6-10(9(12)7-8)15(4,13)14;1-11(2,3)8-5-6-10(15-4)9(7-8)12(13)14;1-5(2,3)4;;;/h6-16H,1-5H3,(H,28,30);2-9H,1H3,(H,18,19);5-7H,1-4H3;2*5-7H,12H2,1-4H3;5-7H,1-4H3;;2*1H;/q;;;;;;;;;+2/p-2. The normalized spacial score (nSPS) is 11.8. The first-order valence-corrected chi connectivity index (χ1v) is 57.5. The SMILES string of the molecule is CC(C)(C)c1ccc(S(C)(=O)=O)c(N)c1.CC(C)(C)c1ccc(S(C)(=O)=O)c(N)c1.CC(C)(C)c1ccc(S(C)(=O)=O)c([N+](=O)[O-])c1.CSc1ccc(C(C)(C)C)cc1[N+](=O)[O-].Cn1c(C(=O)Nc2cc(C(C)(C)C)ccc2S(C)(=O)=O)cc2cccc(Oc3ccncc3)c21.Cn1c(C(=O)O)cc2cccc(Oc3ccncc3)c21.O=P(Cl)(Cl)Cl.[Cl][Sn][Cl]. The van der Waals surface area contributed by atoms with Gasteiger partial charge in [0.2, 0.25) is 0 Å². The molecule has 0 aliphatic carbocycles. The third kappa shape index (κ3) is 33.0. The van der Waals surface area contributed by atoms with Crippen LogP contribution >= 0.6 is 68.5 Å². The number of rotatable bonds is 14. The van der Waals surface area contributed by atoms with Crippen LogP contribution in [0.4, 0.5) is 28.4 Å². The number of nitrogens with zero attached hydrogens (tertiary/aromatic N) is 6. The predicted octanol–water partition coefficient (Wildman–Crippen LogP) is 22.0. The van der Waals surface area contributed by atoms with Gasteiger partial charge in [0.05, 0.1) is 57.5 Å². The van der Waals surface area contributed by atoms with Crippen LogP contribution in [0.2, 0.25) is 0 Å². The molecule has 670 valence electrons. The molecule has 4 heterocycles. The van der Waals surface area contributed by atoms with Gasteiger partial charge in [-0.25, -0.2) is 38.5 Å². The van der Waals surface area contributed by atoms with Gasteiger partial charge in [0, 0.05) is 86.8 Å². The fraction of sp³-hybridized carbons (Fsp3) is 0.318. The molecule has 0 aliphatic heterocycles. The van der Waals surface area contributed by atoms with Crippen LogP contribution < -0.4 is 26.3 Å². The first-order chi connectivity index (χ1) is 56.7. The number of carboxylic acids is 1. The molecule has 0 spiro atoms. The summed E-state index contributed by atoms with van der Waals surface area (Å²) in [5.41, 5.74) is 18.4. The van der Waals surface area contributed by atoms with Crippen molar-refractivity contribution in [2.45, 2.75) is 155 Å². The number of aromatic carboxylic acids is 1. The van der Waals surface area contributed by atoms with Crippen molar-refractivity contribution in [2.75, 3.05) is 48.1 Å². The van der Waals surface area contributed by atoms with Gasteiger partial charge in [-0.1, -0.05) is 158 Å². The Kier molecular flexibility index (Phi) is 38.5. The van der Waals surface area contributed by atoms with Gasteiger partial charge in [-0.15, -0.1) is 11.8 Å². The van der Waals surface area contributed by atoms with Gasteiger partial charge in [-0.3, -0.25) is 39.6 Å². The number of ether oxygens (including phenoxy) is 2. The van der Waals surface area contributed by atoms with Crippen LogP contribution in [-0.2, 0) is 85.1 Å². The Balaban J connectivity index is 0.000000316. The number of sulfone groups is 4. The molecule has 0 unspecified atom stereocenters. The first-order valence-electron chi connectivity index (χ1n) is 37.1. The molecule has 124 heavy (non-hydrogen) atoms. The van der Waals surface area contributed by atoms with E-state index in [0.29, 0.717) is 45.0 Å². The number of aryl methyl sites for hydroxylation is 2. The Hall–Kier alpha value is -8.51. The van der Waals surface area contributed by atoms with Crippen LogP contribution in [0.25, 0.3) is 21.8 Å². The fourth-order valence-corrected chi connectivity index (χ4v) is 15.3. The second-order valence-electron chi connectivity index (χ2n) is 33.0. The number of carbonyl (C=O) groups excluding carboxylic acids is 1. The molecule has 4 aromatic heterocycles. The van der Waals surface area contributed by atoms with Gasteiger partial charge in [0.15, 0.2) is 50.8 Å². The number of anilines is 3. The number of nitro benzene ring substituents is 2. The first kappa shape index (κ1) is 108. The average Bonchev–Trinajstić information content (AvgIpc) is 1.61. The molecule has 0 saturated heterocycles. The number of halogens is 5. The van der Waals surface area contributed by atoms with E-state index in [1.54, 1.807) is 139 Å². The zero-order valence-electron chi connectivity index (χ0n) is 72.5. The summed E-state index contributed by atoms with van der Waals surface area (Å²) in [4.78, 5) is 54.2. The topological polar surface area (TPSA) is 412 Å². The van der Waals surface area contributed by atoms with Gasteiger partial charge < -0.3 is 40.5 Å². The third-order valence-electron chi connectivity index (χ3n) is 18.0. The van der Waals surface area contributed by atoms with Crippen molar-refractivity contribution >= 4 is 189 Å². The number of carboxylic acid groups (broad SMARTS) is 1. The van der Waals surface area contributed by atoms with Crippen LogP contribution in [0.5, 0.6) is 23.0 Å². The molecule has 0 saturated carbocycles. The van der Waals surface area contributed by atoms with Crippen molar-refractivity contribution < 1.29 is 72.3 Å². The number of pyridine rings is 2. The van der Waals surface area contributed by atoms with Crippen molar-refractivity contribution in [1.82, 2.24) is 19.1 Å². The Morgan fingerprint density at radius 3 is 1.09 bits per heavy atom. The van der Waals surface area contributed by atoms with Gasteiger partial charge >= 0.3 is 47.9 Å². The molecule has 39 heteroatoms. The van der Waals surface area contributed by atoms with Crippen molar-refractivity contribution in [1.29, 1.82) is 0 Å². The van der Waals surface area contributed by atoms with E-state index in [1.165, 1.54) is 23.9 Å². The Bertz CT molecular complexity index is 6090. The van der Waals surface area contributed by atoms with Crippen molar-refractivity contribution in [3.63, 3.8) is 0 Å². The number of nitrogens with two attached hydrogens (primary N) is 2. The molecule has 6 N–H and O–H groups in total. The number of amides is 1. The zero-order valence-corrected chi connectivity index (χ0v) is 84.1. The van der Waals surface area contributed by atoms with Crippen molar-refractivity contribution in [3.05, 3.63) is 248 Å². The van der Waals surface area contributed by atoms with Crippen molar-refractivity contribution in [3.8, 4) is 23.0 Å². The summed E-state index contributed by atoms with van der Waals surface area (Å²) in [5.74, 6) is 1.13. The molecular weight excluding hydrogens is 1920 g/mol. The Labute approximate surface area is 762 Å². The molecule has 0 aliphatic rings. The van der Waals surface area contributed by atoms with Crippen molar-refractivity contribution in [2.24, 2.45) is 14.1 Å². The quantitative estimate of drug-likeness (QED) is 0.0196. The molecule has 11 aromatic rings.